The first kappa shape index (κ1) is 21.2. The lowest BCUT2D eigenvalue weighted by molar-refractivity contribution is -0.127. The number of benzene rings is 3. The van der Waals surface area contributed by atoms with Gasteiger partial charge >= 0.3 is 0 Å². The highest BCUT2D eigenvalue weighted by molar-refractivity contribution is 6.00. The Kier molecular flexibility index (Phi) is 6.53. The average molecular weight is 425 g/mol. The zero-order valence-electron chi connectivity index (χ0n) is 17.3. The van der Waals surface area contributed by atoms with Gasteiger partial charge in [0.2, 0.25) is 11.8 Å². The molecule has 1 aromatic heterocycles. The molecule has 0 aliphatic carbocycles. The first-order valence-corrected chi connectivity index (χ1v) is 10.3. The summed E-state index contributed by atoms with van der Waals surface area (Å²) in [6.45, 7) is -0.525. The third-order valence-corrected chi connectivity index (χ3v) is 5.21. The maximum absolute atomic E-state index is 13.2. The third-order valence-electron chi connectivity index (χ3n) is 5.21. The lowest BCUT2D eigenvalue weighted by Crippen LogP contribution is -2.47. The van der Waals surface area contributed by atoms with Crippen LogP contribution in [0.25, 0.3) is 10.9 Å². The number of hydrogen-bond acceptors (Lipinski definition) is 4. The van der Waals surface area contributed by atoms with Crippen molar-refractivity contribution in [3.63, 3.8) is 0 Å². The fourth-order valence-electron chi connectivity index (χ4n) is 3.62. The van der Waals surface area contributed by atoms with Gasteiger partial charge in [-0.05, 0) is 35.4 Å². The Labute approximate surface area is 185 Å². The topological polar surface area (TPSA) is 91.3 Å². The van der Waals surface area contributed by atoms with Crippen molar-refractivity contribution in [3.8, 4) is 0 Å². The van der Waals surface area contributed by atoms with Crippen LogP contribution in [-0.2, 0) is 9.59 Å². The summed E-state index contributed by atoms with van der Waals surface area (Å²) < 4.78 is 0. The number of nitrogens with one attached hydrogen (secondary N) is 2. The highest BCUT2D eigenvalue weighted by Gasteiger charge is 2.27. The first-order chi connectivity index (χ1) is 15.7. The zero-order valence-corrected chi connectivity index (χ0v) is 17.3. The van der Waals surface area contributed by atoms with Gasteiger partial charge in [0.25, 0.3) is 0 Å². The average Bonchev–Trinajstić information content (AvgIpc) is 2.84. The summed E-state index contributed by atoms with van der Waals surface area (Å²) in [6, 6.07) is 26.7. The molecule has 6 nitrogen and oxygen atoms in total. The number of fused-ring (bicyclic) bond motifs is 1. The SMILES string of the molecule is O=C(Nc1ccc2ncccc2c1)C(CO)NC(=O)C(c1ccccc1)c1ccccc1. The van der Waals surface area contributed by atoms with Crippen LogP contribution in [0.1, 0.15) is 17.0 Å². The van der Waals surface area contributed by atoms with Crippen LogP contribution in [-0.4, -0.2) is 34.6 Å². The number of aromatic nitrogens is 1. The second-order valence-electron chi connectivity index (χ2n) is 7.40. The summed E-state index contributed by atoms with van der Waals surface area (Å²) in [4.78, 5) is 30.3. The quantitative estimate of drug-likeness (QED) is 0.423. The molecule has 0 saturated carbocycles. The molecule has 0 aliphatic heterocycles. The summed E-state index contributed by atoms with van der Waals surface area (Å²) >= 11 is 0. The minimum atomic E-state index is -1.10. The first-order valence-electron chi connectivity index (χ1n) is 10.3. The van der Waals surface area contributed by atoms with E-state index >= 15 is 0 Å². The number of amides is 2. The summed E-state index contributed by atoms with van der Waals surface area (Å²) in [5, 5.41) is 16.2. The molecule has 0 aliphatic rings. The molecular formula is C26H23N3O3. The minimum absolute atomic E-state index is 0.362. The Morgan fingerprint density at radius 2 is 1.47 bits per heavy atom. The van der Waals surface area contributed by atoms with Gasteiger partial charge in [0.05, 0.1) is 18.0 Å². The Balaban J connectivity index is 1.52. The molecular weight excluding hydrogens is 402 g/mol. The van der Waals surface area contributed by atoms with E-state index in [1.807, 2.05) is 72.8 Å². The number of nitrogens with zero attached hydrogens (tertiary/aromatic N) is 1. The molecule has 3 N–H and O–H groups in total. The molecule has 0 spiro atoms. The van der Waals surface area contributed by atoms with Crippen molar-refractivity contribution >= 4 is 28.4 Å². The number of rotatable bonds is 7. The number of carbonyl (C=O) groups excluding carboxylic acids is 2. The van der Waals surface area contributed by atoms with Crippen molar-refractivity contribution in [2.24, 2.45) is 0 Å². The number of carbonyl (C=O) groups is 2. The van der Waals surface area contributed by atoms with Crippen LogP contribution < -0.4 is 10.6 Å². The summed E-state index contributed by atoms with van der Waals surface area (Å²) in [7, 11) is 0. The molecule has 0 fully saturated rings. The summed E-state index contributed by atoms with van der Waals surface area (Å²) in [5.74, 6) is -1.46. The van der Waals surface area contributed by atoms with Gasteiger partial charge in [-0.2, -0.15) is 0 Å². The number of aliphatic hydroxyl groups excluding tert-OH is 1. The molecule has 1 heterocycles. The van der Waals surface area contributed by atoms with Gasteiger partial charge in [-0.3, -0.25) is 14.6 Å². The van der Waals surface area contributed by atoms with Crippen molar-refractivity contribution in [1.82, 2.24) is 10.3 Å². The van der Waals surface area contributed by atoms with Crippen LogP contribution in [0.4, 0.5) is 5.69 Å². The van der Waals surface area contributed by atoms with Gasteiger partial charge < -0.3 is 15.7 Å². The van der Waals surface area contributed by atoms with E-state index in [0.29, 0.717) is 5.69 Å². The highest BCUT2D eigenvalue weighted by Crippen LogP contribution is 2.25. The third kappa shape index (κ3) is 4.82. The second kappa shape index (κ2) is 9.85. The Morgan fingerprint density at radius 1 is 0.812 bits per heavy atom. The van der Waals surface area contributed by atoms with Crippen molar-refractivity contribution in [2.45, 2.75) is 12.0 Å². The van der Waals surface area contributed by atoms with Crippen LogP contribution in [0.3, 0.4) is 0 Å². The van der Waals surface area contributed by atoms with E-state index in [1.54, 1.807) is 24.4 Å². The molecule has 0 bridgehead atoms. The lowest BCUT2D eigenvalue weighted by atomic mass is 9.90. The predicted molar refractivity (Wildman–Crippen MR) is 124 cm³/mol. The van der Waals surface area contributed by atoms with E-state index in [4.69, 9.17) is 0 Å². The molecule has 6 heteroatoms. The van der Waals surface area contributed by atoms with E-state index in [2.05, 4.69) is 15.6 Å². The molecule has 2 amide bonds. The van der Waals surface area contributed by atoms with Crippen molar-refractivity contribution in [1.29, 1.82) is 0 Å². The Morgan fingerprint density at radius 3 is 2.09 bits per heavy atom. The van der Waals surface area contributed by atoms with Gasteiger partial charge in [-0.15, -0.1) is 0 Å². The summed E-state index contributed by atoms with van der Waals surface area (Å²) in [6.07, 6.45) is 1.70. The fourth-order valence-corrected chi connectivity index (χ4v) is 3.62. The molecule has 0 radical (unpaired) electrons. The van der Waals surface area contributed by atoms with Crippen LogP contribution in [0, 0.1) is 0 Å². The van der Waals surface area contributed by atoms with E-state index in [9.17, 15) is 14.7 Å². The van der Waals surface area contributed by atoms with Crippen molar-refractivity contribution in [3.05, 3.63) is 108 Å². The molecule has 4 rings (SSSR count). The number of hydrogen-bond donors (Lipinski definition) is 3. The lowest BCUT2D eigenvalue weighted by Gasteiger charge is -2.22. The van der Waals surface area contributed by atoms with Crippen molar-refractivity contribution < 1.29 is 14.7 Å². The molecule has 1 unspecified atom stereocenters. The van der Waals surface area contributed by atoms with Crippen LogP contribution in [0.15, 0.2) is 97.2 Å². The second-order valence-corrected chi connectivity index (χ2v) is 7.40. The number of aliphatic hydroxyl groups is 1. The van der Waals surface area contributed by atoms with Crippen LogP contribution in [0.2, 0.25) is 0 Å². The van der Waals surface area contributed by atoms with Gasteiger partial charge in [-0.25, -0.2) is 0 Å². The number of anilines is 1. The molecule has 0 saturated heterocycles. The molecule has 160 valence electrons. The smallest absolute Gasteiger partial charge is 0.249 e. The summed E-state index contributed by atoms with van der Waals surface area (Å²) in [5.41, 5.74) is 2.97. The van der Waals surface area contributed by atoms with Gasteiger partial charge in [0, 0.05) is 17.3 Å². The molecule has 1 atom stereocenters. The van der Waals surface area contributed by atoms with E-state index < -0.39 is 24.5 Å². The van der Waals surface area contributed by atoms with Gasteiger partial charge in [-0.1, -0.05) is 66.7 Å². The van der Waals surface area contributed by atoms with Crippen LogP contribution >= 0.6 is 0 Å². The minimum Gasteiger partial charge on any atom is -0.394 e. The normalized spacial score (nSPS) is 11.8. The molecule has 3 aromatic carbocycles. The Bertz CT molecular complexity index is 1170. The van der Waals surface area contributed by atoms with Gasteiger partial charge in [0.1, 0.15) is 6.04 Å². The van der Waals surface area contributed by atoms with E-state index in [-0.39, 0.29) is 5.91 Å². The zero-order chi connectivity index (χ0) is 22.3. The van der Waals surface area contributed by atoms with Crippen LogP contribution in [0.5, 0.6) is 0 Å². The molecule has 4 aromatic rings. The maximum Gasteiger partial charge on any atom is 0.249 e. The van der Waals surface area contributed by atoms with Crippen molar-refractivity contribution in [2.75, 3.05) is 11.9 Å². The fraction of sp³-hybridized carbons (Fsp3) is 0.115. The Hall–Kier alpha value is -4.03. The number of pyridine rings is 1. The van der Waals surface area contributed by atoms with E-state index in [0.717, 1.165) is 22.0 Å². The predicted octanol–water partition coefficient (Wildman–Crippen LogP) is 3.48. The van der Waals surface area contributed by atoms with E-state index in [1.165, 1.54) is 0 Å². The standard InChI is InChI=1S/C26H23N3O3/c30-17-23(25(31)28-21-13-14-22-20(16-21)12-7-15-27-22)29-26(32)24(18-8-3-1-4-9-18)19-10-5-2-6-11-19/h1-16,23-24,30H,17H2,(H,28,31)(H,29,32). The highest BCUT2D eigenvalue weighted by atomic mass is 16.3. The monoisotopic (exact) mass is 425 g/mol. The largest absolute Gasteiger partial charge is 0.394 e. The molecule has 32 heavy (non-hydrogen) atoms. The maximum atomic E-state index is 13.2. The van der Waals surface area contributed by atoms with Gasteiger partial charge in [0.15, 0.2) is 0 Å².